The van der Waals surface area contributed by atoms with Crippen LogP contribution < -0.4 is 5.69 Å². The largest absolute Gasteiger partial charge is 0.326 e. The molecule has 5 heteroatoms. The average molecular weight is 249 g/mol. The van der Waals surface area contributed by atoms with E-state index in [-0.39, 0.29) is 5.69 Å². The molecule has 0 aliphatic carbocycles. The van der Waals surface area contributed by atoms with E-state index >= 15 is 0 Å². The maximum absolute atomic E-state index is 11.2. The van der Waals surface area contributed by atoms with Crippen molar-refractivity contribution in [1.82, 2.24) is 9.55 Å². The summed E-state index contributed by atoms with van der Waals surface area (Å²) in [7, 11) is 0. The molecule has 0 radical (unpaired) electrons. The highest BCUT2D eigenvalue weighted by atomic mass is 79.9. The average Bonchev–Trinajstić information content (AvgIpc) is 2.03. The van der Waals surface area contributed by atoms with Crippen LogP contribution >= 0.6 is 28.1 Å². The van der Waals surface area contributed by atoms with E-state index in [0.717, 1.165) is 18.3 Å². The van der Waals surface area contributed by atoms with Crippen molar-refractivity contribution in [3.8, 4) is 0 Å². The summed E-state index contributed by atoms with van der Waals surface area (Å²) in [6.45, 7) is 0.718. The van der Waals surface area contributed by atoms with Gasteiger partial charge in [0.25, 0.3) is 0 Å². The second-order valence-electron chi connectivity index (χ2n) is 2.35. The molecule has 0 unspecified atom stereocenters. The van der Waals surface area contributed by atoms with E-state index in [0.29, 0.717) is 4.64 Å². The van der Waals surface area contributed by atoms with Crippen LogP contribution in [0.1, 0.15) is 6.42 Å². The highest BCUT2D eigenvalue weighted by Crippen LogP contribution is 1.91. The van der Waals surface area contributed by atoms with E-state index in [4.69, 9.17) is 12.2 Å². The number of nitrogens with one attached hydrogen (secondary N) is 1. The molecule has 12 heavy (non-hydrogen) atoms. The molecule has 0 aliphatic rings. The van der Waals surface area contributed by atoms with Crippen LogP contribution in [0.2, 0.25) is 0 Å². The predicted molar refractivity (Wildman–Crippen MR) is 54.3 cm³/mol. The Morgan fingerprint density at radius 1 is 1.67 bits per heavy atom. The Bertz CT molecular complexity index is 357. The lowest BCUT2D eigenvalue weighted by Gasteiger charge is -2.01. The van der Waals surface area contributed by atoms with Crippen molar-refractivity contribution in [2.45, 2.75) is 13.0 Å². The molecule has 0 bridgehead atoms. The summed E-state index contributed by atoms with van der Waals surface area (Å²) in [6.07, 6.45) is 2.65. The molecule has 0 saturated carbocycles. The summed E-state index contributed by atoms with van der Waals surface area (Å²) in [6, 6.07) is 1.71. The molecule has 0 atom stereocenters. The second-order valence-corrected chi connectivity index (χ2v) is 3.58. The Morgan fingerprint density at radius 3 is 3.00 bits per heavy atom. The van der Waals surface area contributed by atoms with Gasteiger partial charge in [0.15, 0.2) is 0 Å². The van der Waals surface area contributed by atoms with Gasteiger partial charge in [-0.3, -0.25) is 4.98 Å². The van der Waals surface area contributed by atoms with Crippen molar-refractivity contribution >= 4 is 28.1 Å². The first-order chi connectivity index (χ1) is 5.74. The first-order valence-electron chi connectivity index (χ1n) is 3.60. The molecule has 0 aliphatic heterocycles. The van der Waals surface area contributed by atoms with Crippen molar-refractivity contribution < 1.29 is 0 Å². The minimum absolute atomic E-state index is 0.136. The van der Waals surface area contributed by atoms with Gasteiger partial charge < -0.3 is 4.57 Å². The molecule has 1 rings (SSSR count). The van der Waals surface area contributed by atoms with Crippen molar-refractivity contribution in [3.63, 3.8) is 0 Å². The van der Waals surface area contributed by atoms with E-state index in [1.54, 1.807) is 16.8 Å². The second kappa shape index (κ2) is 4.57. The Hall–Kier alpha value is -0.420. The summed E-state index contributed by atoms with van der Waals surface area (Å²) >= 11 is 8.09. The molecule has 1 N–H and O–H groups in total. The van der Waals surface area contributed by atoms with Gasteiger partial charge in [0.05, 0.1) is 0 Å². The van der Waals surface area contributed by atoms with Gasteiger partial charge in [0.2, 0.25) is 0 Å². The number of rotatable bonds is 3. The fraction of sp³-hybridized carbons (Fsp3) is 0.429. The lowest BCUT2D eigenvalue weighted by molar-refractivity contribution is 0.639. The summed E-state index contributed by atoms with van der Waals surface area (Å²) in [5.74, 6) is 0. The van der Waals surface area contributed by atoms with Gasteiger partial charge in [-0.1, -0.05) is 28.1 Å². The molecule has 66 valence electrons. The molecule has 0 fully saturated rings. The highest BCUT2D eigenvalue weighted by Gasteiger charge is 1.92. The van der Waals surface area contributed by atoms with Crippen molar-refractivity contribution in [2.75, 3.05) is 5.33 Å². The molecule has 0 spiro atoms. The molecule has 3 nitrogen and oxygen atoms in total. The van der Waals surface area contributed by atoms with Gasteiger partial charge in [-0.2, -0.15) is 0 Å². The van der Waals surface area contributed by atoms with E-state index in [2.05, 4.69) is 20.9 Å². The SMILES string of the molecule is O=c1[nH]c(=S)ccn1CCCBr. The number of aryl methyl sites for hydroxylation is 1. The van der Waals surface area contributed by atoms with Crippen molar-refractivity contribution in [1.29, 1.82) is 0 Å². The van der Waals surface area contributed by atoms with Crippen LogP contribution in [-0.2, 0) is 6.54 Å². The van der Waals surface area contributed by atoms with E-state index in [1.165, 1.54) is 0 Å². The highest BCUT2D eigenvalue weighted by molar-refractivity contribution is 9.09. The zero-order chi connectivity index (χ0) is 8.97. The summed E-state index contributed by atoms with van der Waals surface area (Å²) < 4.78 is 2.09. The van der Waals surface area contributed by atoms with E-state index in [9.17, 15) is 4.79 Å². The third kappa shape index (κ3) is 2.57. The molecule has 0 saturated heterocycles. The quantitative estimate of drug-likeness (QED) is 0.653. The lowest BCUT2D eigenvalue weighted by atomic mass is 10.5. The number of hydrogen-bond acceptors (Lipinski definition) is 2. The number of aromatic amines is 1. The van der Waals surface area contributed by atoms with Crippen LogP contribution in [0, 0.1) is 4.64 Å². The van der Waals surface area contributed by atoms with Gasteiger partial charge in [-0.15, -0.1) is 0 Å². The third-order valence-electron chi connectivity index (χ3n) is 1.43. The number of halogens is 1. The number of aromatic nitrogens is 2. The molecule has 1 aromatic rings. The Labute approximate surface area is 83.6 Å². The van der Waals surface area contributed by atoms with Gasteiger partial charge in [0, 0.05) is 18.1 Å². The van der Waals surface area contributed by atoms with Crippen LogP contribution in [-0.4, -0.2) is 14.9 Å². The van der Waals surface area contributed by atoms with Crippen LogP contribution in [0.3, 0.4) is 0 Å². The minimum Gasteiger partial charge on any atom is -0.301 e. The van der Waals surface area contributed by atoms with Crippen LogP contribution in [0.25, 0.3) is 0 Å². The minimum atomic E-state index is -0.136. The molecule has 1 aromatic heterocycles. The van der Waals surface area contributed by atoms with E-state index < -0.39 is 0 Å². The molecule has 1 heterocycles. The Balaban J connectivity index is 2.87. The normalized spacial score (nSPS) is 10.1. The molecular formula is C7H9BrN2OS. The zero-order valence-corrected chi connectivity index (χ0v) is 8.82. The molecular weight excluding hydrogens is 240 g/mol. The van der Waals surface area contributed by atoms with Crippen LogP contribution in [0.15, 0.2) is 17.1 Å². The predicted octanol–water partition coefficient (Wildman–Crippen LogP) is 1.69. The first kappa shape index (κ1) is 9.67. The Kier molecular flexibility index (Phi) is 3.68. The lowest BCUT2D eigenvalue weighted by Crippen LogP contribution is -2.22. The summed E-state index contributed by atoms with van der Waals surface area (Å²) in [4.78, 5) is 13.7. The summed E-state index contributed by atoms with van der Waals surface area (Å²) in [5.41, 5.74) is -0.136. The molecule has 0 aromatic carbocycles. The van der Waals surface area contributed by atoms with Gasteiger partial charge in [-0.05, 0) is 12.5 Å². The summed E-state index contributed by atoms with van der Waals surface area (Å²) in [5, 5.41) is 0.898. The standard InChI is InChI=1S/C7H9BrN2OS/c8-3-1-4-10-5-2-6(12)9-7(10)11/h2,5H,1,3-4H2,(H,9,11,12). The first-order valence-corrected chi connectivity index (χ1v) is 5.13. The Morgan fingerprint density at radius 2 is 2.42 bits per heavy atom. The van der Waals surface area contributed by atoms with Crippen LogP contribution in [0.4, 0.5) is 0 Å². The van der Waals surface area contributed by atoms with Gasteiger partial charge in [-0.25, -0.2) is 4.79 Å². The van der Waals surface area contributed by atoms with Gasteiger partial charge in [0.1, 0.15) is 4.64 Å². The smallest absolute Gasteiger partial charge is 0.301 e. The number of hydrogen-bond donors (Lipinski definition) is 1. The number of nitrogens with zero attached hydrogens (tertiary/aromatic N) is 1. The zero-order valence-electron chi connectivity index (χ0n) is 6.42. The van der Waals surface area contributed by atoms with E-state index in [1.807, 2.05) is 0 Å². The number of H-pyrrole nitrogens is 1. The maximum atomic E-state index is 11.2. The molecule has 0 amide bonds. The van der Waals surface area contributed by atoms with Crippen LogP contribution in [0.5, 0.6) is 0 Å². The fourth-order valence-corrected chi connectivity index (χ4v) is 1.25. The number of alkyl halides is 1. The third-order valence-corrected chi connectivity index (χ3v) is 2.23. The maximum Gasteiger partial charge on any atom is 0.326 e. The fourth-order valence-electron chi connectivity index (χ4n) is 0.850. The topological polar surface area (TPSA) is 37.8 Å². The van der Waals surface area contributed by atoms with Crippen molar-refractivity contribution in [3.05, 3.63) is 27.4 Å². The monoisotopic (exact) mass is 248 g/mol. The van der Waals surface area contributed by atoms with Gasteiger partial charge >= 0.3 is 5.69 Å². The van der Waals surface area contributed by atoms with Crippen molar-refractivity contribution in [2.24, 2.45) is 0 Å².